The van der Waals surface area contributed by atoms with Gasteiger partial charge in [-0.05, 0) is 18.9 Å². The number of hydrogen-bond donors (Lipinski definition) is 1. The van der Waals surface area contributed by atoms with Gasteiger partial charge >= 0.3 is 17.6 Å². The van der Waals surface area contributed by atoms with Crippen LogP contribution in [0.3, 0.4) is 0 Å². The summed E-state index contributed by atoms with van der Waals surface area (Å²) in [6.45, 7) is 4.20. The van der Waals surface area contributed by atoms with Crippen LogP contribution in [0.1, 0.15) is 65.0 Å². The van der Waals surface area contributed by atoms with Gasteiger partial charge in [-0.15, -0.1) is 0 Å². The quantitative estimate of drug-likeness (QED) is 0.552. The number of rotatable bonds is 11. The molecule has 0 radical (unpaired) electrons. The number of nitrogens with two attached hydrogens (primary N) is 1. The highest BCUT2D eigenvalue weighted by atomic mass is 16.6. The Morgan fingerprint density at radius 2 is 1.79 bits per heavy atom. The zero-order valence-electron chi connectivity index (χ0n) is 17.2. The van der Waals surface area contributed by atoms with Crippen LogP contribution < -0.4 is 11.4 Å². The number of carbonyl (C=O) groups is 2. The summed E-state index contributed by atoms with van der Waals surface area (Å²) >= 11 is 0. The van der Waals surface area contributed by atoms with Crippen molar-refractivity contribution >= 4 is 17.8 Å². The van der Waals surface area contributed by atoms with E-state index >= 15 is 0 Å². The van der Waals surface area contributed by atoms with Crippen molar-refractivity contribution in [3.8, 4) is 0 Å². The van der Waals surface area contributed by atoms with E-state index in [4.69, 9.17) is 19.9 Å². The van der Waals surface area contributed by atoms with E-state index in [2.05, 4.69) is 4.98 Å². The van der Waals surface area contributed by atoms with Gasteiger partial charge in [0, 0.05) is 31.4 Å². The van der Waals surface area contributed by atoms with Crippen LogP contribution in [0.5, 0.6) is 0 Å². The standard InChI is InChI=1S/C20H31N3O6/c1-3-5-7-18(24)27-12-14-11-17(23-10-9-16(21)22-20(23)26)29-15(14)13-28-19(25)8-6-4-2/h9-10,14-15,17H,3-8,11-13H2,1-2H3,(H2,21,22,26)/t14-,15-,17-/m1/s1. The Balaban J connectivity index is 2.01. The molecule has 2 N–H and O–H groups in total. The van der Waals surface area contributed by atoms with E-state index in [1.54, 1.807) is 0 Å². The minimum atomic E-state index is -0.589. The molecule has 1 aliphatic heterocycles. The molecule has 0 unspecified atom stereocenters. The van der Waals surface area contributed by atoms with Crippen molar-refractivity contribution in [2.45, 2.75) is 71.1 Å². The summed E-state index contributed by atoms with van der Waals surface area (Å²) in [5.41, 5.74) is 5.02. The number of carbonyl (C=O) groups excluding carboxylic acids is 2. The van der Waals surface area contributed by atoms with E-state index in [9.17, 15) is 14.4 Å². The van der Waals surface area contributed by atoms with Crippen LogP contribution >= 0.6 is 0 Å². The topological polar surface area (TPSA) is 123 Å². The van der Waals surface area contributed by atoms with E-state index in [1.807, 2.05) is 13.8 Å². The molecule has 9 nitrogen and oxygen atoms in total. The zero-order valence-corrected chi connectivity index (χ0v) is 17.2. The molecule has 29 heavy (non-hydrogen) atoms. The first-order chi connectivity index (χ1) is 13.9. The maximum Gasteiger partial charge on any atom is 0.351 e. The third-order valence-electron chi connectivity index (χ3n) is 4.86. The van der Waals surface area contributed by atoms with Crippen LogP contribution in [-0.2, 0) is 23.8 Å². The third-order valence-corrected chi connectivity index (χ3v) is 4.86. The summed E-state index contributed by atoms with van der Waals surface area (Å²) in [5, 5.41) is 0. The summed E-state index contributed by atoms with van der Waals surface area (Å²) in [7, 11) is 0. The molecule has 0 aromatic carbocycles. The highest BCUT2D eigenvalue weighted by molar-refractivity contribution is 5.69. The fourth-order valence-electron chi connectivity index (χ4n) is 3.12. The molecule has 162 valence electrons. The number of esters is 2. The molecule has 1 fully saturated rings. The van der Waals surface area contributed by atoms with Gasteiger partial charge in [0.25, 0.3) is 0 Å². The summed E-state index contributed by atoms with van der Waals surface area (Å²) in [6, 6.07) is 1.52. The van der Waals surface area contributed by atoms with Crippen LogP contribution in [0, 0.1) is 5.92 Å². The lowest BCUT2D eigenvalue weighted by Crippen LogP contribution is -2.29. The van der Waals surface area contributed by atoms with E-state index in [-0.39, 0.29) is 36.9 Å². The van der Waals surface area contributed by atoms with Gasteiger partial charge in [0.2, 0.25) is 0 Å². The molecule has 3 atom stereocenters. The van der Waals surface area contributed by atoms with Crippen molar-refractivity contribution in [3.05, 3.63) is 22.7 Å². The van der Waals surface area contributed by atoms with E-state index < -0.39 is 18.0 Å². The van der Waals surface area contributed by atoms with Crippen molar-refractivity contribution < 1.29 is 23.8 Å². The lowest BCUT2D eigenvalue weighted by atomic mass is 10.0. The first kappa shape index (κ1) is 22.9. The molecule has 2 rings (SSSR count). The number of ether oxygens (including phenoxy) is 3. The first-order valence-electron chi connectivity index (χ1n) is 10.3. The summed E-state index contributed by atoms with van der Waals surface area (Å²) < 4.78 is 18.0. The Hall–Kier alpha value is -2.42. The largest absolute Gasteiger partial charge is 0.465 e. The maximum atomic E-state index is 12.1. The van der Waals surface area contributed by atoms with Crippen molar-refractivity contribution in [2.24, 2.45) is 5.92 Å². The van der Waals surface area contributed by atoms with Crippen LogP contribution in [0.25, 0.3) is 0 Å². The lowest BCUT2D eigenvalue weighted by molar-refractivity contribution is -0.152. The van der Waals surface area contributed by atoms with Gasteiger partial charge < -0.3 is 19.9 Å². The smallest absolute Gasteiger partial charge is 0.351 e. The molecule has 1 aromatic heterocycles. The fraction of sp³-hybridized carbons (Fsp3) is 0.700. The third kappa shape index (κ3) is 7.16. The SMILES string of the molecule is CCCCC(=O)OC[C@H]1C[C@H](n2ccc(N)nc2=O)O[C@@H]1COC(=O)CCCC. The Labute approximate surface area is 170 Å². The molecule has 1 aliphatic rings. The van der Waals surface area contributed by atoms with E-state index in [1.165, 1.54) is 16.8 Å². The molecular formula is C20H31N3O6. The second-order valence-electron chi connectivity index (χ2n) is 7.24. The number of anilines is 1. The Morgan fingerprint density at radius 3 is 2.38 bits per heavy atom. The average molecular weight is 409 g/mol. The van der Waals surface area contributed by atoms with Gasteiger partial charge in [-0.3, -0.25) is 14.2 Å². The predicted molar refractivity (Wildman–Crippen MR) is 106 cm³/mol. The minimum absolute atomic E-state index is 0.0490. The number of unbranched alkanes of at least 4 members (excludes halogenated alkanes) is 2. The summed E-state index contributed by atoms with van der Waals surface area (Å²) in [4.78, 5) is 39.6. The first-order valence-corrected chi connectivity index (χ1v) is 10.3. The number of hydrogen-bond acceptors (Lipinski definition) is 8. The Morgan fingerprint density at radius 1 is 1.17 bits per heavy atom. The number of nitrogen functional groups attached to an aromatic ring is 1. The van der Waals surface area contributed by atoms with Crippen LogP contribution in [0.2, 0.25) is 0 Å². The van der Waals surface area contributed by atoms with Gasteiger partial charge in [0.05, 0.1) is 6.61 Å². The molecular weight excluding hydrogens is 378 g/mol. The van der Waals surface area contributed by atoms with Crippen LogP contribution in [-0.4, -0.2) is 40.8 Å². The molecule has 0 spiro atoms. The maximum absolute atomic E-state index is 12.1. The molecule has 0 amide bonds. The normalized spacial score (nSPS) is 21.1. The molecule has 0 bridgehead atoms. The molecule has 1 aromatic rings. The predicted octanol–water partition coefficient (Wildman–Crippen LogP) is 2.20. The van der Waals surface area contributed by atoms with Crippen LogP contribution in [0.15, 0.2) is 17.1 Å². The summed E-state index contributed by atoms with van der Waals surface area (Å²) in [5.74, 6) is -0.620. The molecule has 9 heteroatoms. The van der Waals surface area contributed by atoms with Crippen molar-refractivity contribution in [3.63, 3.8) is 0 Å². The van der Waals surface area contributed by atoms with Crippen LogP contribution in [0.4, 0.5) is 5.82 Å². The lowest BCUT2D eigenvalue weighted by Gasteiger charge is -2.18. The monoisotopic (exact) mass is 409 g/mol. The summed E-state index contributed by atoms with van der Waals surface area (Å²) in [6.07, 6.45) is 4.96. The Bertz CT molecular complexity index is 703. The molecule has 1 saturated heterocycles. The number of nitrogens with zero attached hydrogens (tertiary/aromatic N) is 2. The van der Waals surface area contributed by atoms with Gasteiger partial charge in [-0.25, -0.2) is 4.79 Å². The van der Waals surface area contributed by atoms with Gasteiger partial charge in [-0.1, -0.05) is 26.7 Å². The van der Waals surface area contributed by atoms with E-state index in [0.717, 1.165) is 25.7 Å². The van der Waals surface area contributed by atoms with Crippen molar-refractivity contribution in [2.75, 3.05) is 18.9 Å². The van der Waals surface area contributed by atoms with Gasteiger partial charge in [-0.2, -0.15) is 4.98 Å². The van der Waals surface area contributed by atoms with Gasteiger partial charge in [0.1, 0.15) is 24.8 Å². The second-order valence-corrected chi connectivity index (χ2v) is 7.24. The molecule has 0 saturated carbocycles. The zero-order chi connectivity index (χ0) is 21.2. The second kappa shape index (κ2) is 11.5. The van der Waals surface area contributed by atoms with Crippen molar-refractivity contribution in [1.29, 1.82) is 0 Å². The molecule has 2 heterocycles. The molecule has 0 aliphatic carbocycles. The average Bonchev–Trinajstić information content (AvgIpc) is 3.10. The highest BCUT2D eigenvalue weighted by Gasteiger charge is 2.38. The van der Waals surface area contributed by atoms with E-state index in [0.29, 0.717) is 19.3 Å². The Kier molecular flexibility index (Phi) is 9.11. The number of aromatic nitrogens is 2. The minimum Gasteiger partial charge on any atom is -0.465 e. The van der Waals surface area contributed by atoms with Crippen molar-refractivity contribution in [1.82, 2.24) is 9.55 Å². The fourth-order valence-corrected chi connectivity index (χ4v) is 3.12. The van der Waals surface area contributed by atoms with Gasteiger partial charge in [0.15, 0.2) is 0 Å². The highest BCUT2D eigenvalue weighted by Crippen LogP contribution is 2.33.